The van der Waals surface area contributed by atoms with Gasteiger partial charge in [-0.25, -0.2) is 4.79 Å². The van der Waals surface area contributed by atoms with E-state index in [9.17, 15) is 14.4 Å². The van der Waals surface area contributed by atoms with Crippen molar-refractivity contribution in [1.82, 2.24) is 15.2 Å². The number of amides is 3. The molecule has 2 aromatic heterocycles. The van der Waals surface area contributed by atoms with E-state index in [0.29, 0.717) is 16.9 Å². The fourth-order valence-electron chi connectivity index (χ4n) is 3.77. The van der Waals surface area contributed by atoms with Crippen molar-refractivity contribution in [3.63, 3.8) is 0 Å². The SMILES string of the molecule is CC1(c2cc3ccccc3o2)NC(=O)N(CC(=O)c2c[nH]c3ccccc23)C1=O. The molecule has 2 aromatic carbocycles. The number of rotatable bonds is 4. The third kappa shape index (κ3) is 2.55. The summed E-state index contributed by atoms with van der Waals surface area (Å²) in [4.78, 5) is 42.5. The molecule has 1 saturated heterocycles. The average molecular weight is 387 g/mol. The summed E-state index contributed by atoms with van der Waals surface area (Å²) in [6.07, 6.45) is 1.60. The number of H-pyrrole nitrogens is 1. The van der Waals surface area contributed by atoms with E-state index in [2.05, 4.69) is 10.3 Å². The van der Waals surface area contributed by atoms with Crippen molar-refractivity contribution in [2.24, 2.45) is 0 Å². The zero-order valence-electron chi connectivity index (χ0n) is 15.6. The zero-order chi connectivity index (χ0) is 20.2. The van der Waals surface area contributed by atoms with E-state index in [1.807, 2.05) is 42.5 Å². The van der Waals surface area contributed by atoms with Crippen molar-refractivity contribution in [2.45, 2.75) is 12.5 Å². The molecular formula is C22H17N3O4. The average Bonchev–Trinajstić information content (AvgIpc) is 3.40. The van der Waals surface area contributed by atoms with Crippen LogP contribution in [0.4, 0.5) is 4.79 Å². The number of urea groups is 1. The second-order valence-electron chi connectivity index (χ2n) is 7.27. The molecule has 7 nitrogen and oxygen atoms in total. The van der Waals surface area contributed by atoms with Gasteiger partial charge in [-0.2, -0.15) is 0 Å². The van der Waals surface area contributed by atoms with E-state index in [1.165, 1.54) is 0 Å². The first-order chi connectivity index (χ1) is 14.0. The van der Waals surface area contributed by atoms with Crippen LogP contribution in [-0.4, -0.2) is 34.2 Å². The van der Waals surface area contributed by atoms with Crippen LogP contribution < -0.4 is 5.32 Å². The lowest BCUT2D eigenvalue weighted by atomic mass is 9.98. The Labute approximate surface area is 165 Å². The molecule has 0 saturated carbocycles. The van der Waals surface area contributed by atoms with Gasteiger partial charge in [-0.3, -0.25) is 14.5 Å². The number of Topliss-reactive ketones (excluding diaryl/α,β-unsaturated/α-hetero) is 1. The Morgan fingerprint density at radius 1 is 1.10 bits per heavy atom. The lowest BCUT2D eigenvalue weighted by Gasteiger charge is -2.18. The number of hydrogen-bond acceptors (Lipinski definition) is 4. The van der Waals surface area contributed by atoms with Crippen LogP contribution in [-0.2, 0) is 10.3 Å². The highest BCUT2D eigenvalue weighted by atomic mass is 16.3. The summed E-state index contributed by atoms with van der Waals surface area (Å²) in [6, 6.07) is 15.9. The molecule has 0 bridgehead atoms. The van der Waals surface area contributed by atoms with Gasteiger partial charge in [-0.05, 0) is 25.1 Å². The van der Waals surface area contributed by atoms with Crippen LogP contribution in [0.3, 0.4) is 0 Å². The Balaban J connectivity index is 1.45. The number of imide groups is 1. The van der Waals surface area contributed by atoms with Gasteiger partial charge in [0.05, 0.1) is 6.54 Å². The van der Waals surface area contributed by atoms with Gasteiger partial charge in [0.25, 0.3) is 5.91 Å². The Bertz CT molecular complexity index is 1270. The summed E-state index contributed by atoms with van der Waals surface area (Å²) in [6.45, 7) is 1.24. The van der Waals surface area contributed by atoms with Crippen LogP contribution >= 0.6 is 0 Å². The minimum atomic E-state index is -1.36. The van der Waals surface area contributed by atoms with Crippen LogP contribution in [0.2, 0.25) is 0 Å². The van der Waals surface area contributed by atoms with Crippen molar-refractivity contribution >= 4 is 39.6 Å². The van der Waals surface area contributed by atoms with Crippen molar-refractivity contribution in [3.05, 3.63) is 72.1 Å². The minimum Gasteiger partial charge on any atom is -0.458 e. The van der Waals surface area contributed by atoms with Crippen molar-refractivity contribution in [2.75, 3.05) is 6.54 Å². The fraction of sp³-hybridized carbons (Fsp3) is 0.136. The lowest BCUT2D eigenvalue weighted by Crippen LogP contribution is -2.41. The van der Waals surface area contributed by atoms with Gasteiger partial charge >= 0.3 is 6.03 Å². The number of nitrogens with one attached hydrogen (secondary N) is 2. The molecule has 4 aromatic rings. The van der Waals surface area contributed by atoms with E-state index in [0.717, 1.165) is 21.2 Å². The number of nitrogens with zero attached hydrogens (tertiary/aromatic N) is 1. The Morgan fingerprint density at radius 2 is 1.86 bits per heavy atom. The van der Waals surface area contributed by atoms with Crippen LogP contribution in [0.25, 0.3) is 21.9 Å². The molecule has 3 heterocycles. The molecule has 144 valence electrons. The topological polar surface area (TPSA) is 95.4 Å². The maximum Gasteiger partial charge on any atom is 0.325 e. The molecule has 29 heavy (non-hydrogen) atoms. The molecular weight excluding hydrogens is 370 g/mol. The summed E-state index contributed by atoms with van der Waals surface area (Å²) < 4.78 is 5.80. The Hall–Kier alpha value is -3.87. The van der Waals surface area contributed by atoms with Crippen molar-refractivity contribution in [1.29, 1.82) is 0 Å². The smallest absolute Gasteiger partial charge is 0.325 e. The molecule has 1 atom stereocenters. The number of para-hydroxylation sites is 2. The number of aromatic nitrogens is 1. The number of carbonyl (C=O) groups is 3. The van der Waals surface area contributed by atoms with E-state index < -0.39 is 17.5 Å². The van der Waals surface area contributed by atoms with Gasteiger partial charge in [-0.1, -0.05) is 36.4 Å². The Kier molecular flexibility index (Phi) is 3.61. The predicted octanol–water partition coefficient (Wildman–Crippen LogP) is 3.56. The summed E-state index contributed by atoms with van der Waals surface area (Å²) in [7, 11) is 0. The quantitative estimate of drug-likeness (QED) is 0.413. The van der Waals surface area contributed by atoms with Gasteiger partial charge in [-0.15, -0.1) is 0 Å². The number of benzene rings is 2. The first-order valence-electron chi connectivity index (χ1n) is 9.20. The van der Waals surface area contributed by atoms with Gasteiger partial charge in [0.2, 0.25) is 0 Å². The molecule has 2 N–H and O–H groups in total. The first-order valence-corrected chi connectivity index (χ1v) is 9.20. The third-order valence-corrected chi connectivity index (χ3v) is 5.38. The number of fused-ring (bicyclic) bond motifs is 2. The van der Waals surface area contributed by atoms with E-state index in [4.69, 9.17) is 4.42 Å². The lowest BCUT2D eigenvalue weighted by molar-refractivity contribution is -0.131. The van der Waals surface area contributed by atoms with E-state index >= 15 is 0 Å². The summed E-state index contributed by atoms with van der Waals surface area (Å²) in [5.74, 6) is -0.506. The molecule has 1 aliphatic heterocycles. The molecule has 1 unspecified atom stereocenters. The largest absolute Gasteiger partial charge is 0.458 e. The summed E-state index contributed by atoms with van der Waals surface area (Å²) in [5, 5.41) is 4.27. The first kappa shape index (κ1) is 17.2. The summed E-state index contributed by atoms with van der Waals surface area (Å²) in [5.41, 5.74) is 0.522. The molecule has 0 radical (unpaired) electrons. The maximum absolute atomic E-state index is 13.1. The summed E-state index contributed by atoms with van der Waals surface area (Å²) >= 11 is 0. The van der Waals surface area contributed by atoms with E-state index in [1.54, 1.807) is 25.3 Å². The van der Waals surface area contributed by atoms with Crippen molar-refractivity contribution in [3.8, 4) is 0 Å². The van der Waals surface area contributed by atoms with Crippen molar-refractivity contribution < 1.29 is 18.8 Å². The monoisotopic (exact) mass is 387 g/mol. The number of hydrogen-bond donors (Lipinski definition) is 2. The highest BCUT2D eigenvalue weighted by Crippen LogP contribution is 2.33. The predicted molar refractivity (Wildman–Crippen MR) is 106 cm³/mol. The van der Waals surface area contributed by atoms with E-state index in [-0.39, 0.29) is 12.3 Å². The van der Waals surface area contributed by atoms with Gasteiger partial charge in [0, 0.05) is 28.0 Å². The highest BCUT2D eigenvalue weighted by molar-refractivity contribution is 6.14. The van der Waals surface area contributed by atoms with Crippen LogP contribution in [0.5, 0.6) is 0 Å². The molecule has 5 rings (SSSR count). The highest BCUT2D eigenvalue weighted by Gasteiger charge is 2.51. The third-order valence-electron chi connectivity index (χ3n) is 5.38. The van der Waals surface area contributed by atoms with Gasteiger partial charge in [0.15, 0.2) is 11.3 Å². The Morgan fingerprint density at radius 3 is 2.69 bits per heavy atom. The molecule has 3 amide bonds. The van der Waals surface area contributed by atoms with Crippen LogP contribution in [0.1, 0.15) is 23.0 Å². The van der Waals surface area contributed by atoms with Crippen LogP contribution in [0.15, 0.2) is 65.2 Å². The molecule has 1 aliphatic rings. The molecule has 0 aliphatic carbocycles. The molecule has 7 heteroatoms. The minimum absolute atomic E-state index is 0.320. The number of carbonyl (C=O) groups excluding carboxylic acids is 3. The maximum atomic E-state index is 13.1. The fourth-order valence-corrected chi connectivity index (χ4v) is 3.77. The van der Waals surface area contributed by atoms with Gasteiger partial charge < -0.3 is 14.7 Å². The second-order valence-corrected chi connectivity index (χ2v) is 7.27. The zero-order valence-corrected chi connectivity index (χ0v) is 15.6. The second kappa shape index (κ2) is 6.07. The molecule has 0 spiro atoms. The normalized spacial score (nSPS) is 19.3. The molecule has 1 fully saturated rings. The number of furan rings is 1. The standard InChI is InChI=1S/C22H17N3O4/c1-22(19-10-13-6-2-5-9-18(13)29-19)20(27)25(21(28)24-22)12-17(26)15-11-23-16-8-4-3-7-14(15)16/h2-11,23H,12H2,1H3,(H,24,28). The number of ketones is 1. The van der Waals surface area contributed by atoms with Crippen LogP contribution in [0, 0.1) is 0 Å². The van der Waals surface area contributed by atoms with Gasteiger partial charge in [0.1, 0.15) is 11.3 Å². The number of aromatic amines is 1.